The highest BCUT2D eigenvalue weighted by Gasteiger charge is 2.40. The van der Waals surface area contributed by atoms with Crippen LogP contribution in [0.5, 0.6) is 5.75 Å². The molecule has 2 unspecified atom stereocenters. The Balaban J connectivity index is 1.37. The summed E-state index contributed by atoms with van der Waals surface area (Å²) in [7, 11) is 10.2. The van der Waals surface area contributed by atoms with Gasteiger partial charge < -0.3 is 19.3 Å². The van der Waals surface area contributed by atoms with Gasteiger partial charge in [-0.15, -0.1) is 0 Å². The van der Waals surface area contributed by atoms with Gasteiger partial charge in [0.2, 0.25) is 17.7 Å². The van der Waals surface area contributed by atoms with Crippen molar-refractivity contribution in [1.82, 2.24) is 15.1 Å². The topological polar surface area (TPSA) is 105 Å². The Hall–Kier alpha value is -3.40. The molecule has 2 saturated heterocycles. The molecule has 0 saturated carbocycles. The summed E-state index contributed by atoms with van der Waals surface area (Å²) < 4.78 is 11.8. The summed E-state index contributed by atoms with van der Waals surface area (Å²) >= 11 is 0. The van der Waals surface area contributed by atoms with Gasteiger partial charge in [0.25, 0.3) is 5.91 Å². The van der Waals surface area contributed by atoms with Crippen LogP contribution < -0.4 is 21.0 Å². The highest BCUT2D eigenvalue weighted by Crippen LogP contribution is 2.35. The maximum atomic E-state index is 13.2. The number of hydrogen-bond donors (Lipinski definition) is 1. The van der Waals surface area contributed by atoms with Gasteiger partial charge in [-0.2, -0.15) is 0 Å². The summed E-state index contributed by atoms with van der Waals surface area (Å²) in [6.45, 7) is 1.44. The van der Waals surface area contributed by atoms with Crippen molar-refractivity contribution in [3.63, 3.8) is 0 Å². The predicted octanol–water partition coefficient (Wildman–Crippen LogP) is -5.09. The van der Waals surface area contributed by atoms with Crippen molar-refractivity contribution in [2.75, 3.05) is 19.8 Å². The van der Waals surface area contributed by atoms with E-state index in [0.717, 1.165) is 27.6 Å². The number of carbonyl (C=O) groups excluding carboxylic acids is 4. The van der Waals surface area contributed by atoms with Gasteiger partial charge in [0.1, 0.15) is 49.8 Å². The van der Waals surface area contributed by atoms with Crippen molar-refractivity contribution in [2.24, 2.45) is 0 Å². The number of morpholine rings is 1. The Morgan fingerprint density at radius 2 is 1.82 bits per heavy atom. The second-order valence-electron chi connectivity index (χ2n) is 11.1. The fourth-order valence-corrected chi connectivity index (χ4v) is 6.37. The van der Waals surface area contributed by atoms with Crippen molar-refractivity contribution in [3.05, 3.63) is 52.6 Å². The Kier molecular flexibility index (Phi) is 7.18. The molecule has 3 aliphatic rings. The summed E-state index contributed by atoms with van der Waals surface area (Å²) in [5.74, 6) is -0.384. The van der Waals surface area contributed by atoms with Gasteiger partial charge in [-0.3, -0.25) is 24.5 Å². The molecule has 4 amide bonds. The van der Waals surface area contributed by atoms with Crippen molar-refractivity contribution in [2.45, 2.75) is 36.8 Å². The number of nitrogens with one attached hydrogen (secondary N) is 1. The summed E-state index contributed by atoms with van der Waals surface area (Å²) in [5, 5.41) is 1.85. The van der Waals surface area contributed by atoms with Crippen molar-refractivity contribution >= 4 is 73.8 Å². The Morgan fingerprint density at radius 1 is 1.10 bits per heavy atom. The van der Waals surface area contributed by atoms with E-state index < -0.39 is 17.3 Å². The number of rotatable bonds is 6. The van der Waals surface area contributed by atoms with Crippen LogP contribution in [0, 0.1) is 0 Å². The van der Waals surface area contributed by atoms with Crippen LogP contribution in [-0.4, -0.2) is 98.5 Å². The number of hydrogen-bond acceptors (Lipinski definition) is 6. The molecular formula is C25H30B5N3O6. The molecule has 0 bridgehead atoms. The first-order valence-electron chi connectivity index (χ1n) is 13.4. The SMILES string of the molecule is Bc1cc(C(B)Oc2cccc3c2CN(C2CCC(=O)NC2=O)C3=O)cc(B)c1C(B)(B)N1CCOCC1=O. The minimum atomic E-state index is -0.674. The smallest absolute Gasteiger partial charge is 0.255 e. The van der Waals surface area contributed by atoms with E-state index >= 15 is 0 Å². The Morgan fingerprint density at radius 3 is 2.49 bits per heavy atom. The summed E-state index contributed by atoms with van der Waals surface area (Å²) in [6.07, 6.45) is 0.524. The van der Waals surface area contributed by atoms with Crippen molar-refractivity contribution in [3.8, 4) is 5.75 Å². The lowest BCUT2D eigenvalue weighted by molar-refractivity contribution is -0.145. The third-order valence-corrected chi connectivity index (χ3v) is 8.14. The van der Waals surface area contributed by atoms with Crippen LogP contribution >= 0.6 is 0 Å². The Labute approximate surface area is 232 Å². The second kappa shape index (κ2) is 10.3. The maximum absolute atomic E-state index is 13.2. The fourth-order valence-electron chi connectivity index (χ4n) is 6.37. The predicted molar refractivity (Wildman–Crippen MR) is 158 cm³/mol. The molecule has 0 spiro atoms. The van der Waals surface area contributed by atoms with E-state index in [1.165, 1.54) is 4.90 Å². The van der Waals surface area contributed by atoms with Crippen LogP contribution in [0.4, 0.5) is 0 Å². The average Bonchev–Trinajstić information content (AvgIpc) is 3.20. The molecule has 3 heterocycles. The van der Waals surface area contributed by atoms with Crippen LogP contribution in [0.3, 0.4) is 0 Å². The number of fused-ring (bicyclic) bond motifs is 1. The van der Waals surface area contributed by atoms with Crippen LogP contribution in [0.15, 0.2) is 30.3 Å². The number of amides is 4. The van der Waals surface area contributed by atoms with E-state index in [4.69, 9.17) is 9.47 Å². The number of imide groups is 1. The lowest BCUT2D eigenvalue weighted by Crippen LogP contribution is -2.58. The Bertz CT molecular complexity index is 1360. The number of carbonyl (C=O) groups is 4. The van der Waals surface area contributed by atoms with Gasteiger partial charge in [-0.05, 0) is 24.1 Å². The van der Waals surface area contributed by atoms with E-state index in [2.05, 4.69) is 48.8 Å². The van der Waals surface area contributed by atoms with E-state index in [1.807, 2.05) is 18.8 Å². The quantitative estimate of drug-likeness (QED) is 0.301. The molecule has 14 heteroatoms. The van der Waals surface area contributed by atoms with Gasteiger partial charge in [0, 0.05) is 29.4 Å². The fraction of sp³-hybridized carbons (Fsp3) is 0.360. The molecule has 196 valence electrons. The van der Waals surface area contributed by atoms with Gasteiger partial charge in [0.05, 0.1) is 19.2 Å². The minimum absolute atomic E-state index is 0.00957. The van der Waals surface area contributed by atoms with Gasteiger partial charge in [-0.1, -0.05) is 34.7 Å². The molecule has 39 heavy (non-hydrogen) atoms. The maximum Gasteiger partial charge on any atom is 0.255 e. The molecule has 0 aromatic heterocycles. The summed E-state index contributed by atoms with van der Waals surface area (Å²) in [5.41, 5.74) is 5.51. The second-order valence-corrected chi connectivity index (χ2v) is 11.1. The van der Waals surface area contributed by atoms with Crippen LogP contribution in [0.1, 0.15) is 45.9 Å². The first-order chi connectivity index (χ1) is 18.5. The zero-order valence-corrected chi connectivity index (χ0v) is 23.1. The molecule has 3 aliphatic heterocycles. The van der Waals surface area contributed by atoms with E-state index in [9.17, 15) is 19.2 Å². The molecule has 2 atom stereocenters. The number of ether oxygens (including phenoxy) is 2. The molecule has 0 radical (unpaired) electrons. The molecule has 1 N–H and O–H groups in total. The molecular weight excluding hydrogens is 492 g/mol. The number of nitrogens with zero attached hydrogens (tertiary/aromatic N) is 2. The van der Waals surface area contributed by atoms with Crippen LogP contribution in [0.25, 0.3) is 0 Å². The highest BCUT2D eigenvalue weighted by molar-refractivity contribution is 6.48. The van der Waals surface area contributed by atoms with E-state index in [-0.39, 0.29) is 43.3 Å². The first kappa shape index (κ1) is 27.2. The average molecular weight is 523 g/mol. The molecule has 2 fully saturated rings. The standard InChI is InChI=1S/C25H30B5N3O6/c26-15-8-12(9-16(27)21(15)25(29,30)33-6-7-38-11-20(33)35)22(28)39-18-3-1-2-13-14(18)10-32(24(13)37)17-4-5-19(34)31-23(17)36/h1-3,8-9,17,22H,4-7,10-11,26-30H2,(H,31,34,36). The summed E-state index contributed by atoms with van der Waals surface area (Å²) in [6, 6.07) is 8.60. The van der Waals surface area contributed by atoms with Gasteiger partial charge in [0.15, 0.2) is 7.85 Å². The van der Waals surface area contributed by atoms with Gasteiger partial charge in [-0.25, -0.2) is 0 Å². The third-order valence-electron chi connectivity index (χ3n) is 8.14. The molecule has 2 aromatic carbocycles. The zero-order chi connectivity index (χ0) is 28.1. The number of piperidine rings is 1. The molecule has 9 nitrogen and oxygen atoms in total. The lowest BCUT2D eigenvalue weighted by Gasteiger charge is -2.43. The van der Waals surface area contributed by atoms with Gasteiger partial charge >= 0.3 is 0 Å². The molecule has 5 rings (SSSR count). The lowest BCUT2D eigenvalue weighted by atomic mass is 9.52. The monoisotopic (exact) mass is 523 g/mol. The molecule has 0 aliphatic carbocycles. The third kappa shape index (κ3) is 4.90. The first-order valence-corrected chi connectivity index (χ1v) is 13.4. The minimum Gasteiger partial charge on any atom is -0.495 e. The van der Waals surface area contributed by atoms with Crippen LogP contribution in [-0.2, 0) is 31.0 Å². The molecule has 2 aromatic rings. The normalized spacial score (nSPS) is 20.6. The highest BCUT2D eigenvalue weighted by atomic mass is 16.5. The zero-order valence-electron chi connectivity index (χ0n) is 23.1. The van der Waals surface area contributed by atoms with E-state index in [1.54, 1.807) is 12.1 Å². The largest absolute Gasteiger partial charge is 0.495 e. The summed E-state index contributed by atoms with van der Waals surface area (Å²) in [4.78, 5) is 53.2. The van der Waals surface area contributed by atoms with Crippen molar-refractivity contribution in [1.29, 1.82) is 0 Å². The van der Waals surface area contributed by atoms with Crippen molar-refractivity contribution < 1.29 is 28.7 Å². The van der Waals surface area contributed by atoms with Crippen LogP contribution in [0.2, 0.25) is 0 Å². The number of benzene rings is 2. The van der Waals surface area contributed by atoms with E-state index in [0.29, 0.717) is 30.9 Å².